The Morgan fingerprint density at radius 3 is 2.81 bits per heavy atom. The van der Waals surface area contributed by atoms with Crippen LogP contribution in [0.1, 0.15) is 22.8 Å². The van der Waals surface area contributed by atoms with E-state index in [1.807, 2.05) is 44.2 Å². The van der Waals surface area contributed by atoms with Gasteiger partial charge in [-0.05, 0) is 37.6 Å². The molecule has 1 amide bonds. The third kappa shape index (κ3) is 3.13. The fourth-order valence-corrected chi connectivity index (χ4v) is 4.58. The average Bonchev–Trinajstić information content (AvgIpc) is 3.05. The zero-order valence-corrected chi connectivity index (χ0v) is 16.4. The predicted molar refractivity (Wildman–Crippen MR) is 112 cm³/mol. The first-order valence-corrected chi connectivity index (χ1v) is 9.78. The Hall–Kier alpha value is -2.63. The van der Waals surface area contributed by atoms with Gasteiger partial charge in [0.1, 0.15) is 5.75 Å². The van der Waals surface area contributed by atoms with Crippen molar-refractivity contribution in [3.05, 3.63) is 64.9 Å². The van der Waals surface area contributed by atoms with Crippen LogP contribution >= 0.6 is 22.9 Å². The van der Waals surface area contributed by atoms with Crippen molar-refractivity contribution in [1.82, 2.24) is 4.98 Å². The summed E-state index contributed by atoms with van der Waals surface area (Å²) >= 11 is 7.86. The first kappa shape index (κ1) is 17.8. The molecule has 0 aliphatic heterocycles. The van der Waals surface area contributed by atoms with E-state index in [4.69, 9.17) is 16.3 Å². The number of nitrogens with zero attached hydrogens (tertiary/aromatic N) is 1. The summed E-state index contributed by atoms with van der Waals surface area (Å²) in [7, 11) is 0. The van der Waals surface area contributed by atoms with Crippen molar-refractivity contribution in [1.29, 1.82) is 0 Å². The lowest BCUT2D eigenvalue weighted by atomic mass is 10.0. The molecule has 0 saturated carbocycles. The van der Waals surface area contributed by atoms with Gasteiger partial charge in [0.2, 0.25) is 0 Å². The second kappa shape index (κ2) is 7.18. The Morgan fingerprint density at radius 2 is 2.04 bits per heavy atom. The van der Waals surface area contributed by atoms with Crippen molar-refractivity contribution in [3.63, 3.8) is 0 Å². The Labute approximate surface area is 165 Å². The van der Waals surface area contributed by atoms with Gasteiger partial charge in [-0.25, -0.2) is 0 Å². The number of benzene rings is 2. The minimum atomic E-state index is -0.206. The Balaban J connectivity index is 1.89. The van der Waals surface area contributed by atoms with E-state index in [-0.39, 0.29) is 5.91 Å². The maximum atomic E-state index is 13.1. The third-order valence-electron chi connectivity index (χ3n) is 4.36. The molecular formula is C21H17ClN2O2S. The molecule has 0 unspecified atom stereocenters. The first-order chi connectivity index (χ1) is 13.1. The summed E-state index contributed by atoms with van der Waals surface area (Å²) in [5.74, 6) is 0.589. The lowest BCUT2D eigenvalue weighted by Crippen LogP contribution is -2.14. The fraction of sp³-hybridized carbons (Fsp3) is 0.143. The Kier molecular flexibility index (Phi) is 4.72. The number of fused-ring (bicyclic) bond motifs is 3. The summed E-state index contributed by atoms with van der Waals surface area (Å²) in [6, 6.07) is 11.7. The van der Waals surface area contributed by atoms with E-state index in [1.54, 1.807) is 17.5 Å². The van der Waals surface area contributed by atoms with Gasteiger partial charge in [-0.1, -0.05) is 29.8 Å². The first-order valence-electron chi connectivity index (χ1n) is 8.58. The van der Waals surface area contributed by atoms with Crippen LogP contribution < -0.4 is 10.1 Å². The van der Waals surface area contributed by atoms with Crippen molar-refractivity contribution >= 4 is 54.7 Å². The highest BCUT2D eigenvalue weighted by Crippen LogP contribution is 2.41. The summed E-state index contributed by atoms with van der Waals surface area (Å²) in [6.07, 6.45) is 3.20. The predicted octanol–water partition coefficient (Wildman–Crippen LogP) is 6.06. The number of ether oxygens (including phenoxy) is 1. The monoisotopic (exact) mass is 396 g/mol. The number of hydrogen-bond acceptors (Lipinski definition) is 4. The number of hydrogen-bond donors (Lipinski definition) is 1. The van der Waals surface area contributed by atoms with Gasteiger partial charge in [0, 0.05) is 33.4 Å². The van der Waals surface area contributed by atoms with Gasteiger partial charge in [-0.15, -0.1) is 11.3 Å². The van der Waals surface area contributed by atoms with Crippen LogP contribution in [0.5, 0.6) is 5.75 Å². The summed E-state index contributed by atoms with van der Waals surface area (Å²) in [5.41, 5.74) is 1.99. The topological polar surface area (TPSA) is 51.2 Å². The van der Waals surface area contributed by atoms with E-state index >= 15 is 0 Å². The number of carbonyl (C=O) groups is 1. The molecule has 27 heavy (non-hydrogen) atoms. The molecule has 4 rings (SSSR count). The molecular weight excluding hydrogens is 380 g/mol. The molecule has 1 N–H and O–H groups in total. The highest BCUT2D eigenvalue weighted by atomic mass is 35.5. The maximum Gasteiger partial charge on any atom is 0.256 e. The van der Waals surface area contributed by atoms with Crippen molar-refractivity contribution in [2.24, 2.45) is 0 Å². The minimum absolute atomic E-state index is 0.206. The molecule has 136 valence electrons. The molecule has 0 saturated heterocycles. The molecule has 0 aliphatic carbocycles. The Morgan fingerprint density at radius 1 is 1.22 bits per heavy atom. The van der Waals surface area contributed by atoms with Gasteiger partial charge in [0.05, 0.1) is 22.0 Å². The second-order valence-electron chi connectivity index (χ2n) is 6.11. The van der Waals surface area contributed by atoms with Crippen LogP contribution in [-0.2, 0) is 0 Å². The summed E-state index contributed by atoms with van der Waals surface area (Å²) < 4.78 is 7.88. The second-order valence-corrected chi connectivity index (χ2v) is 7.57. The SMILES string of the molecule is CCOc1ccc(C(=O)Nc2c(C)cncc2Cl)c2c1sc1ccccc12. The molecule has 2 heterocycles. The van der Waals surface area contributed by atoms with E-state index in [0.29, 0.717) is 22.9 Å². The third-order valence-corrected chi connectivity index (χ3v) is 5.83. The number of aromatic nitrogens is 1. The van der Waals surface area contributed by atoms with Gasteiger partial charge in [-0.3, -0.25) is 9.78 Å². The van der Waals surface area contributed by atoms with Crippen molar-refractivity contribution in [2.45, 2.75) is 13.8 Å². The van der Waals surface area contributed by atoms with Crippen molar-refractivity contribution in [3.8, 4) is 5.75 Å². The number of aryl methyl sites for hydroxylation is 1. The number of nitrogens with one attached hydrogen (secondary N) is 1. The van der Waals surface area contributed by atoms with Gasteiger partial charge < -0.3 is 10.1 Å². The maximum absolute atomic E-state index is 13.1. The van der Waals surface area contributed by atoms with E-state index in [9.17, 15) is 4.79 Å². The van der Waals surface area contributed by atoms with E-state index in [0.717, 1.165) is 31.5 Å². The number of amides is 1. The molecule has 4 aromatic rings. The molecule has 0 radical (unpaired) electrons. The largest absolute Gasteiger partial charge is 0.492 e. The molecule has 4 nitrogen and oxygen atoms in total. The number of pyridine rings is 1. The molecule has 2 aromatic carbocycles. The van der Waals surface area contributed by atoms with Gasteiger partial charge in [-0.2, -0.15) is 0 Å². The van der Waals surface area contributed by atoms with Crippen molar-refractivity contribution < 1.29 is 9.53 Å². The average molecular weight is 397 g/mol. The highest BCUT2D eigenvalue weighted by Gasteiger charge is 2.19. The number of carbonyl (C=O) groups excluding carboxylic acids is 1. The smallest absolute Gasteiger partial charge is 0.256 e. The van der Waals surface area contributed by atoms with Gasteiger partial charge >= 0.3 is 0 Å². The van der Waals surface area contributed by atoms with E-state index < -0.39 is 0 Å². The number of anilines is 1. The normalized spacial score (nSPS) is 11.1. The molecule has 6 heteroatoms. The lowest BCUT2D eigenvalue weighted by Gasteiger charge is -2.12. The van der Waals surface area contributed by atoms with Crippen molar-refractivity contribution in [2.75, 3.05) is 11.9 Å². The molecule has 0 spiro atoms. The molecule has 0 aliphatic rings. The van der Waals surface area contributed by atoms with Crippen LogP contribution in [0.2, 0.25) is 5.02 Å². The zero-order chi connectivity index (χ0) is 19.0. The van der Waals surface area contributed by atoms with Crippen LogP contribution in [0.4, 0.5) is 5.69 Å². The highest BCUT2D eigenvalue weighted by molar-refractivity contribution is 7.26. The summed E-state index contributed by atoms with van der Waals surface area (Å²) in [4.78, 5) is 17.2. The van der Waals surface area contributed by atoms with Crippen LogP contribution in [0.3, 0.4) is 0 Å². The Bertz CT molecular complexity index is 1150. The summed E-state index contributed by atoms with van der Waals surface area (Å²) in [5, 5.41) is 5.31. The van der Waals surface area contributed by atoms with Gasteiger partial charge in [0.15, 0.2) is 0 Å². The molecule has 0 fully saturated rings. The summed E-state index contributed by atoms with van der Waals surface area (Å²) in [6.45, 7) is 4.39. The number of halogens is 1. The van der Waals surface area contributed by atoms with Crippen LogP contribution in [0.25, 0.3) is 20.2 Å². The zero-order valence-electron chi connectivity index (χ0n) is 14.9. The van der Waals surface area contributed by atoms with Crippen LogP contribution in [0.15, 0.2) is 48.8 Å². The molecule has 0 bridgehead atoms. The standard InChI is InChI=1S/C21H17ClN2O2S/c1-3-26-16-9-8-14(18-13-6-4-5-7-17(13)27-20(16)18)21(25)24-19-12(2)10-23-11-15(19)22/h4-11H,3H2,1-2H3,(H,23,24,25). The van der Waals surface area contributed by atoms with Crippen LogP contribution in [-0.4, -0.2) is 17.5 Å². The lowest BCUT2D eigenvalue weighted by molar-refractivity contribution is 0.102. The molecule has 0 atom stereocenters. The quantitative estimate of drug-likeness (QED) is 0.456. The van der Waals surface area contributed by atoms with E-state index in [1.165, 1.54) is 6.20 Å². The minimum Gasteiger partial charge on any atom is -0.492 e. The fourth-order valence-electron chi connectivity index (χ4n) is 3.13. The van der Waals surface area contributed by atoms with Crippen LogP contribution in [0, 0.1) is 6.92 Å². The number of thiophene rings is 1. The number of rotatable bonds is 4. The van der Waals surface area contributed by atoms with Gasteiger partial charge in [0.25, 0.3) is 5.91 Å². The molecule has 2 aromatic heterocycles. The van der Waals surface area contributed by atoms with E-state index in [2.05, 4.69) is 16.4 Å².